The number of nitrogens with two attached hydrogens (primary N) is 1. The number of carbonyl (C=O) groups excluding carboxylic acids is 1. The summed E-state index contributed by atoms with van der Waals surface area (Å²) in [4.78, 5) is 17.5. The standard InChI is InChI=1S/C26H28ClFN10O4/c1-36-8-10-37(11-9-36)14-20-23(31-35-38(20)25-24(29)33-42-34-25)26(39)32-30-13-16-6-7-21(22(12-16)40-2)41-15-17-18(27)4-3-5-19(17)28/h3-7,12-13H,8-11,14-15H2,1-2H3,(H2,29,33)(H,32,39). The molecule has 16 heteroatoms. The van der Waals surface area contributed by atoms with E-state index in [0.717, 1.165) is 26.2 Å². The van der Waals surface area contributed by atoms with Gasteiger partial charge in [0, 0.05) is 38.3 Å². The molecule has 0 aliphatic carbocycles. The van der Waals surface area contributed by atoms with Gasteiger partial charge < -0.3 is 20.1 Å². The molecule has 3 heterocycles. The van der Waals surface area contributed by atoms with Crippen LogP contribution >= 0.6 is 11.6 Å². The second-order valence-electron chi connectivity index (χ2n) is 9.45. The third kappa shape index (κ3) is 6.48. The zero-order valence-corrected chi connectivity index (χ0v) is 23.6. The first-order chi connectivity index (χ1) is 20.3. The summed E-state index contributed by atoms with van der Waals surface area (Å²) in [5, 5.41) is 19.9. The number of rotatable bonds is 10. The third-order valence-electron chi connectivity index (χ3n) is 6.64. The van der Waals surface area contributed by atoms with Crippen LogP contribution in [0.1, 0.15) is 27.3 Å². The topological polar surface area (TPSA) is 162 Å². The van der Waals surface area contributed by atoms with Crippen molar-refractivity contribution in [1.29, 1.82) is 0 Å². The van der Waals surface area contributed by atoms with Gasteiger partial charge >= 0.3 is 0 Å². The van der Waals surface area contributed by atoms with Crippen LogP contribution in [0.25, 0.3) is 5.82 Å². The summed E-state index contributed by atoms with van der Waals surface area (Å²) >= 11 is 6.09. The Morgan fingerprint density at radius 3 is 2.74 bits per heavy atom. The lowest BCUT2D eigenvalue weighted by atomic mass is 10.2. The Morgan fingerprint density at radius 1 is 1.21 bits per heavy atom. The summed E-state index contributed by atoms with van der Waals surface area (Å²) < 4.78 is 31.3. The fourth-order valence-corrected chi connectivity index (χ4v) is 4.49. The summed E-state index contributed by atoms with van der Waals surface area (Å²) in [5.41, 5.74) is 9.72. The van der Waals surface area contributed by atoms with E-state index >= 15 is 0 Å². The zero-order valence-electron chi connectivity index (χ0n) is 22.8. The Bertz CT molecular complexity index is 1560. The lowest BCUT2D eigenvalue weighted by Crippen LogP contribution is -2.44. The van der Waals surface area contributed by atoms with E-state index in [1.807, 2.05) is 0 Å². The average Bonchev–Trinajstić information content (AvgIpc) is 3.59. The van der Waals surface area contributed by atoms with E-state index in [2.05, 4.69) is 48.0 Å². The van der Waals surface area contributed by atoms with Crippen LogP contribution in [0.15, 0.2) is 46.1 Å². The first-order valence-electron chi connectivity index (χ1n) is 12.8. The van der Waals surface area contributed by atoms with Crippen LogP contribution in [0.5, 0.6) is 11.5 Å². The second-order valence-corrected chi connectivity index (χ2v) is 9.85. The molecule has 2 aromatic carbocycles. The smallest absolute Gasteiger partial charge is 0.293 e. The average molecular weight is 599 g/mol. The van der Waals surface area contributed by atoms with Crippen molar-refractivity contribution in [3.05, 3.63) is 69.8 Å². The van der Waals surface area contributed by atoms with Gasteiger partial charge in [-0.15, -0.1) is 5.10 Å². The number of nitrogens with one attached hydrogen (secondary N) is 1. The highest BCUT2D eigenvalue weighted by Gasteiger charge is 2.26. The number of nitrogens with zero attached hydrogens (tertiary/aromatic N) is 8. The van der Waals surface area contributed by atoms with Crippen LogP contribution < -0.4 is 20.6 Å². The molecular formula is C26H28ClFN10O4. The quantitative estimate of drug-likeness (QED) is 0.203. The van der Waals surface area contributed by atoms with Crippen molar-refractivity contribution < 1.29 is 23.3 Å². The number of carbonyl (C=O) groups is 1. The van der Waals surface area contributed by atoms with Crippen molar-refractivity contribution >= 4 is 29.5 Å². The highest BCUT2D eigenvalue weighted by atomic mass is 35.5. The summed E-state index contributed by atoms with van der Waals surface area (Å²) in [5.74, 6) is -0.123. The molecule has 0 atom stereocenters. The van der Waals surface area contributed by atoms with Crippen LogP contribution in [-0.4, -0.2) is 87.6 Å². The van der Waals surface area contributed by atoms with Crippen molar-refractivity contribution in [3.8, 4) is 17.3 Å². The molecule has 3 N–H and O–H groups in total. The zero-order chi connectivity index (χ0) is 29.6. The number of methoxy groups -OCH3 is 1. The summed E-state index contributed by atoms with van der Waals surface area (Å²) in [7, 11) is 3.53. The number of nitrogen functional groups attached to an aromatic ring is 1. The van der Waals surface area contributed by atoms with E-state index in [0.29, 0.717) is 29.3 Å². The molecule has 0 spiro atoms. The Labute approximate surface area is 244 Å². The fraction of sp³-hybridized carbons (Fsp3) is 0.308. The third-order valence-corrected chi connectivity index (χ3v) is 7.00. The number of halogens is 2. The number of ether oxygens (including phenoxy) is 2. The van der Waals surface area contributed by atoms with Crippen LogP contribution in [0.3, 0.4) is 0 Å². The number of anilines is 1. The highest BCUT2D eigenvalue weighted by molar-refractivity contribution is 6.31. The number of hydrogen-bond donors (Lipinski definition) is 2. The second kappa shape index (κ2) is 12.9. The van der Waals surface area contributed by atoms with E-state index in [-0.39, 0.29) is 34.5 Å². The summed E-state index contributed by atoms with van der Waals surface area (Å²) in [6, 6.07) is 9.43. The molecule has 14 nitrogen and oxygen atoms in total. The van der Waals surface area contributed by atoms with Gasteiger partial charge in [-0.2, -0.15) is 9.78 Å². The molecule has 0 radical (unpaired) electrons. The number of hydrazone groups is 1. The minimum Gasteiger partial charge on any atom is -0.493 e. The maximum Gasteiger partial charge on any atom is 0.293 e. The van der Waals surface area contributed by atoms with Crippen LogP contribution in [0.4, 0.5) is 10.2 Å². The van der Waals surface area contributed by atoms with Crippen LogP contribution in [-0.2, 0) is 13.2 Å². The molecule has 1 aliphatic heterocycles. The van der Waals surface area contributed by atoms with Crippen molar-refractivity contribution in [2.75, 3.05) is 46.1 Å². The predicted molar refractivity (Wildman–Crippen MR) is 150 cm³/mol. The molecule has 1 fully saturated rings. The minimum atomic E-state index is -0.578. The van der Waals surface area contributed by atoms with Gasteiger partial charge in [-0.1, -0.05) is 22.9 Å². The van der Waals surface area contributed by atoms with Gasteiger partial charge in [-0.3, -0.25) is 9.69 Å². The molecule has 5 rings (SSSR count). The number of aromatic nitrogens is 5. The van der Waals surface area contributed by atoms with Gasteiger partial charge in [0.25, 0.3) is 5.91 Å². The van der Waals surface area contributed by atoms with Crippen molar-refractivity contribution in [1.82, 2.24) is 40.5 Å². The van der Waals surface area contributed by atoms with E-state index in [1.165, 1.54) is 30.1 Å². The summed E-state index contributed by atoms with van der Waals surface area (Å²) in [6.45, 7) is 3.63. The van der Waals surface area contributed by atoms with Crippen LogP contribution in [0.2, 0.25) is 5.02 Å². The van der Waals surface area contributed by atoms with Gasteiger partial charge in [0.15, 0.2) is 17.2 Å². The van der Waals surface area contributed by atoms with Gasteiger partial charge in [0.2, 0.25) is 11.6 Å². The molecule has 1 saturated heterocycles. The predicted octanol–water partition coefficient (Wildman–Crippen LogP) is 2.12. The summed E-state index contributed by atoms with van der Waals surface area (Å²) in [6.07, 6.45) is 1.43. The number of benzene rings is 2. The Balaban J connectivity index is 1.29. The number of hydrogen-bond acceptors (Lipinski definition) is 12. The number of likely N-dealkylation sites (N-methyl/N-ethyl adjacent to an activating group) is 1. The normalized spacial score (nSPS) is 14.4. The molecule has 0 bridgehead atoms. The van der Waals surface area contributed by atoms with Crippen molar-refractivity contribution in [3.63, 3.8) is 0 Å². The fourth-order valence-electron chi connectivity index (χ4n) is 4.27. The molecule has 0 saturated carbocycles. The van der Waals surface area contributed by atoms with E-state index in [4.69, 9.17) is 31.4 Å². The molecule has 1 amide bonds. The van der Waals surface area contributed by atoms with Crippen molar-refractivity contribution in [2.24, 2.45) is 5.10 Å². The Kier molecular flexibility index (Phi) is 8.90. The largest absolute Gasteiger partial charge is 0.493 e. The number of piperazine rings is 1. The van der Waals surface area contributed by atoms with Gasteiger partial charge in [0.05, 0.1) is 24.0 Å². The van der Waals surface area contributed by atoms with E-state index in [9.17, 15) is 9.18 Å². The highest BCUT2D eigenvalue weighted by Crippen LogP contribution is 2.30. The first-order valence-corrected chi connectivity index (χ1v) is 13.2. The number of amides is 1. The van der Waals surface area contributed by atoms with E-state index in [1.54, 1.807) is 24.3 Å². The Morgan fingerprint density at radius 2 is 2.02 bits per heavy atom. The minimum absolute atomic E-state index is 0.0166. The molecule has 4 aromatic rings. The molecule has 42 heavy (non-hydrogen) atoms. The monoisotopic (exact) mass is 598 g/mol. The molecule has 220 valence electrons. The lowest BCUT2D eigenvalue weighted by molar-refractivity contribution is 0.0946. The maximum absolute atomic E-state index is 14.1. The van der Waals surface area contributed by atoms with Gasteiger partial charge in [0.1, 0.15) is 12.4 Å². The SMILES string of the molecule is COc1cc(C=NNC(=O)c2nnn(-c3nonc3N)c2CN2CCN(C)CC2)ccc1OCc1c(F)cccc1Cl. The lowest BCUT2D eigenvalue weighted by Gasteiger charge is -2.32. The van der Waals surface area contributed by atoms with Gasteiger partial charge in [-0.25, -0.2) is 14.4 Å². The molecular weight excluding hydrogens is 571 g/mol. The molecule has 2 aromatic heterocycles. The maximum atomic E-state index is 14.1. The van der Waals surface area contributed by atoms with Crippen LogP contribution in [0, 0.1) is 5.82 Å². The first kappa shape index (κ1) is 28.9. The molecule has 0 unspecified atom stereocenters. The molecule has 1 aliphatic rings. The van der Waals surface area contributed by atoms with Gasteiger partial charge in [-0.05, 0) is 53.3 Å². The van der Waals surface area contributed by atoms with Crippen molar-refractivity contribution in [2.45, 2.75) is 13.2 Å². The van der Waals surface area contributed by atoms with E-state index < -0.39 is 11.7 Å². The Hall–Kier alpha value is -4.60.